The summed E-state index contributed by atoms with van der Waals surface area (Å²) >= 11 is 6.40. The van der Waals surface area contributed by atoms with Crippen molar-refractivity contribution in [2.24, 2.45) is 5.73 Å². The molecule has 1 heterocycles. The number of hydrogen-bond acceptors (Lipinski definition) is 3. The molecule has 1 aromatic heterocycles. The van der Waals surface area contributed by atoms with Gasteiger partial charge in [-0.25, -0.2) is 4.39 Å². The summed E-state index contributed by atoms with van der Waals surface area (Å²) in [7, 11) is 0. The highest BCUT2D eigenvalue weighted by Gasteiger charge is 2.04. The van der Waals surface area contributed by atoms with E-state index in [4.69, 9.17) is 18.0 Å². The minimum absolute atomic E-state index is 0.202. The normalized spacial score (nSPS) is 10.2. The van der Waals surface area contributed by atoms with Crippen molar-refractivity contribution >= 4 is 34.2 Å². The average molecular weight is 266 g/mol. The molecule has 0 fully saturated rings. The Bertz CT molecular complexity index is 523. The monoisotopic (exact) mass is 266 g/mol. The molecule has 0 atom stereocenters. The summed E-state index contributed by atoms with van der Waals surface area (Å²) in [5.74, 6) is -0.342. The molecule has 5 heteroatoms. The fourth-order valence-electron chi connectivity index (χ4n) is 1.40. The van der Waals surface area contributed by atoms with E-state index < -0.39 is 0 Å². The van der Waals surface area contributed by atoms with E-state index in [0.29, 0.717) is 17.8 Å². The molecule has 2 nitrogen and oxygen atoms in total. The second-order valence-corrected chi connectivity index (χ2v) is 4.76. The van der Waals surface area contributed by atoms with E-state index in [2.05, 4.69) is 5.32 Å². The Balaban J connectivity index is 2.09. The van der Waals surface area contributed by atoms with Gasteiger partial charge in [-0.2, -0.15) is 11.3 Å². The van der Waals surface area contributed by atoms with E-state index in [9.17, 15) is 4.39 Å². The van der Waals surface area contributed by atoms with Crippen molar-refractivity contribution in [3.05, 3.63) is 52.0 Å². The average Bonchev–Trinajstić information content (AvgIpc) is 2.80. The zero-order valence-corrected chi connectivity index (χ0v) is 10.6. The van der Waals surface area contributed by atoms with E-state index in [-0.39, 0.29) is 10.8 Å². The zero-order chi connectivity index (χ0) is 12.3. The molecule has 2 aromatic rings. The van der Waals surface area contributed by atoms with E-state index in [1.165, 1.54) is 6.07 Å². The lowest BCUT2D eigenvalue weighted by Gasteiger charge is -2.07. The fraction of sp³-hybridized carbons (Fsp3) is 0.0833. The second kappa shape index (κ2) is 5.25. The molecule has 0 unspecified atom stereocenters. The van der Waals surface area contributed by atoms with Crippen molar-refractivity contribution in [2.45, 2.75) is 6.54 Å². The third-order valence-electron chi connectivity index (χ3n) is 2.32. The summed E-state index contributed by atoms with van der Waals surface area (Å²) in [6.07, 6.45) is 0. The molecule has 0 aliphatic carbocycles. The van der Waals surface area contributed by atoms with Gasteiger partial charge in [0.25, 0.3) is 0 Å². The summed E-state index contributed by atoms with van der Waals surface area (Å²) in [6.45, 7) is 0.604. The van der Waals surface area contributed by atoms with Crippen molar-refractivity contribution in [2.75, 3.05) is 5.32 Å². The largest absolute Gasteiger partial charge is 0.389 e. The molecular weight excluding hydrogens is 255 g/mol. The van der Waals surface area contributed by atoms with Gasteiger partial charge in [-0.15, -0.1) is 0 Å². The van der Waals surface area contributed by atoms with Crippen LogP contribution in [-0.2, 0) is 6.54 Å². The van der Waals surface area contributed by atoms with Crippen molar-refractivity contribution in [3.63, 3.8) is 0 Å². The van der Waals surface area contributed by atoms with Gasteiger partial charge >= 0.3 is 0 Å². The lowest BCUT2D eigenvalue weighted by atomic mass is 10.2. The van der Waals surface area contributed by atoms with E-state index in [1.807, 2.05) is 16.8 Å². The molecule has 0 aliphatic rings. The smallest absolute Gasteiger partial charge is 0.146 e. The Hall–Kier alpha value is -1.46. The Labute approximate surface area is 108 Å². The maximum absolute atomic E-state index is 13.7. The van der Waals surface area contributed by atoms with Crippen molar-refractivity contribution < 1.29 is 4.39 Å². The summed E-state index contributed by atoms with van der Waals surface area (Å²) in [5, 5.41) is 7.04. The molecule has 0 bridgehead atoms. The lowest BCUT2D eigenvalue weighted by molar-refractivity contribution is 0.630. The number of hydrogen-bond donors (Lipinski definition) is 2. The van der Waals surface area contributed by atoms with E-state index in [1.54, 1.807) is 23.5 Å². The SMILES string of the molecule is NC(=S)c1ccc(NCc2ccsc2)c(F)c1. The standard InChI is InChI=1S/C12H11FN2S2/c13-10-5-9(12(14)16)1-2-11(10)15-6-8-3-4-17-7-8/h1-5,7,15H,6H2,(H2,14,16). The number of nitrogens with one attached hydrogen (secondary N) is 1. The highest BCUT2D eigenvalue weighted by molar-refractivity contribution is 7.80. The van der Waals surface area contributed by atoms with Crippen LogP contribution in [0, 0.1) is 5.82 Å². The summed E-state index contributed by atoms with van der Waals surface area (Å²) in [5.41, 5.74) is 7.56. The Morgan fingerprint density at radius 3 is 2.82 bits per heavy atom. The van der Waals surface area contributed by atoms with Crippen molar-refractivity contribution in [1.29, 1.82) is 0 Å². The lowest BCUT2D eigenvalue weighted by Crippen LogP contribution is -2.10. The Morgan fingerprint density at radius 2 is 2.24 bits per heavy atom. The topological polar surface area (TPSA) is 38.0 Å². The first kappa shape index (κ1) is 12.0. The predicted molar refractivity (Wildman–Crippen MR) is 73.9 cm³/mol. The van der Waals surface area contributed by atoms with E-state index in [0.717, 1.165) is 5.56 Å². The minimum Gasteiger partial charge on any atom is -0.389 e. The van der Waals surface area contributed by atoms with Crippen LogP contribution in [0.25, 0.3) is 0 Å². The fourth-order valence-corrected chi connectivity index (χ4v) is 2.20. The number of nitrogens with two attached hydrogens (primary N) is 1. The zero-order valence-electron chi connectivity index (χ0n) is 8.94. The highest BCUT2D eigenvalue weighted by Crippen LogP contribution is 2.17. The van der Waals surface area contributed by atoms with Crippen LogP contribution in [0.15, 0.2) is 35.0 Å². The molecular formula is C12H11FN2S2. The number of benzene rings is 1. The molecule has 0 aliphatic heterocycles. The van der Waals surface area contributed by atoms with Crippen LogP contribution in [0.4, 0.5) is 10.1 Å². The minimum atomic E-state index is -0.342. The number of thiocarbonyl (C=S) groups is 1. The molecule has 88 valence electrons. The van der Waals surface area contributed by atoms with Gasteiger partial charge in [-0.1, -0.05) is 12.2 Å². The van der Waals surface area contributed by atoms with Gasteiger partial charge in [0.1, 0.15) is 10.8 Å². The quantitative estimate of drug-likeness (QED) is 0.835. The summed E-state index contributed by atoms with van der Waals surface area (Å²) in [6, 6.07) is 6.70. The summed E-state index contributed by atoms with van der Waals surface area (Å²) in [4.78, 5) is 0.202. The number of rotatable bonds is 4. The Morgan fingerprint density at radius 1 is 1.41 bits per heavy atom. The van der Waals surface area contributed by atoms with Gasteiger partial charge in [-0.3, -0.25) is 0 Å². The first-order valence-electron chi connectivity index (χ1n) is 5.01. The number of halogens is 1. The van der Waals surface area contributed by atoms with Crippen LogP contribution < -0.4 is 11.1 Å². The van der Waals surface area contributed by atoms with Crippen molar-refractivity contribution in [1.82, 2.24) is 0 Å². The van der Waals surface area contributed by atoms with Gasteiger partial charge in [0.05, 0.1) is 5.69 Å². The van der Waals surface area contributed by atoms with Gasteiger partial charge in [0.15, 0.2) is 0 Å². The predicted octanol–water partition coefficient (Wildman–Crippen LogP) is 3.13. The van der Waals surface area contributed by atoms with E-state index >= 15 is 0 Å². The van der Waals surface area contributed by atoms with Crippen LogP contribution in [0.1, 0.15) is 11.1 Å². The van der Waals surface area contributed by atoms with Gasteiger partial charge in [-0.05, 0) is 40.6 Å². The molecule has 17 heavy (non-hydrogen) atoms. The van der Waals surface area contributed by atoms with Crippen LogP contribution in [0.5, 0.6) is 0 Å². The second-order valence-electron chi connectivity index (χ2n) is 3.54. The number of anilines is 1. The first-order chi connectivity index (χ1) is 8.16. The van der Waals surface area contributed by atoms with Crippen LogP contribution >= 0.6 is 23.6 Å². The summed E-state index contributed by atoms with van der Waals surface area (Å²) < 4.78 is 13.7. The number of thiophene rings is 1. The molecule has 0 amide bonds. The van der Waals surface area contributed by atoms with Gasteiger partial charge < -0.3 is 11.1 Å². The molecule has 0 spiro atoms. The maximum atomic E-state index is 13.7. The van der Waals surface area contributed by atoms with Crippen LogP contribution in [0.2, 0.25) is 0 Å². The van der Waals surface area contributed by atoms with Gasteiger partial charge in [0.2, 0.25) is 0 Å². The van der Waals surface area contributed by atoms with Crippen LogP contribution in [0.3, 0.4) is 0 Å². The maximum Gasteiger partial charge on any atom is 0.146 e. The van der Waals surface area contributed by atoms with Crippen LogP contribution in [-0.4, -0.2) is 4.99 Å². The van der Waals surface area contributed by atoms with Gasteiger partial charge in [0, 0.05) is 12.1 Å². The Kier molecular flexibility index (Phi) is 3.71. The highest BCUT2D eigenvalue weighted by atomic mass is 32.1. The molecule has 1 aromatic carbocycles. The molecule has 0 saturated heterocycles. The third kappa shape index (κ3) is 3.01. The molecule has 2 rings (SSSR count). The third-order valence-corrected chi connectivity index (χ3v) is 3.28. The van der Waals surface area contributed by atoms with Crippen molar-refractivity contribution in [3.8, 4) is 0 Å². The molecule has 0 radical (unpaired) electrons. The molecule has 3 N–H and O–H groups in total. The first-order valence-corrected chi connectivity index (χ1v) is 6.36. The molecule has 0 saturated carbocycles.